The Morgan fingerprint density at radius 3 is 1.34 bits per heavy atom. The first-order valence-electron chi connectivity index (χ1n) is 21.3. The smallest absolute Gasteiger partial charge is 0.0972 e. The van der Waals surface area contributed by atoms with Crippen LogP contribution in [0.1, 0.15) is 0 Å². The predicted molar refractivity (Wildman–Crippen MR) is 263 cm³/mol. The maximum Gasteiger partial charge on any atom is 0.0972 e. The molecule has 0 amide bonds. The molecule has 2 heteroatoms. The fourth-order valence-corrected chi connectivity index (χ4v) is 10.3. The van der Waals surface area contributed by atoms with Crippen molar-refractivity contribution in [1.82, 2.24) is 9.97 Å². The van der Waals surface area contributed by atoms with Crippen LogP contribution in [0.15, 0.2) is 219 Å². The first-order chi connectivity index (χ1) is 30.8. The van der Waals surface area contributed by atoms with Crippen LogP contribution in [-0.2, 0) is 0 Å². The zero-order valence-corrected chi connectivity index (χ0v) is 33.7. The van der Waals surface area contributed by atoms with Crippen LogP contribution in [-0.4, -0.2) is 9.97 Å². The molecule has 0 aliphatic rings. The Morgan fingerprint density at radius 2 is 0.710 bits per heavy atom. The lowest BCUT2D eigenvalue weighted by Gasteiger charge is -2.18. The van der Waals surface area contributed by atoms with Gasteiger partial charge in [-0.3, -0.25) is 4.98 Å². The summed E-state index contributed by atoms with van der Waals surface area (Å²) in [7, 11) is 0. The second-order valence-electron chi connectivity index (χ2n) is 16.4. The molecule has 13 rings (SSSR count). The van der Waals surface area contributed by atoms with Crippen LogP contribution in [0.25, 0.3) is 131 Å². The molecule has 12 aromatic carbocycles. The van der Waals surface area contributed by atoms with Gasteiger partial charge in [-0.25, -0.2) is 4.98 Å². The number of aromatic nitrogens is 2. The molecule has 0 radical (unpaired) electrons. The van der Waals surface area contributed by atoms with Gasteiger partial charge in [0.1, 0.15) is 0 Å². The minimum absolute atomic E-state index is 0.850. The first kappa shape index (κ1) is 34.6. The molecule has 62 heavy (non-hydrogen) atoms. The van der Waals surface area contributed by atoms with Gasteiger partial charge in [-0.05, 0) is 104 Å². The lowest BCUT2D eigenvalue weighted by Crippen LogP contribution is -1.97. The minimum Gasteiger partial charge on any atom is -0.252 e. The van der Waals surface area contributed by atoms with Gasteiger partial charge < -0.3 is 0 Å². The molecule has 0 aliphatic carbocycles. The summed E-state index contributed by atoms with van der Waals surface area (Å²) < 4.78 is 0. The van der Waals surface area contributed by atoms with Crippen LogP contribution in [0.2, 0.25) is 0 Å². The van der Waals surface area contributed by atoms with Crippen molar-refractivity contribution in [3.8, 4) is 56.0 Å². The summed E-state index contributed by atoms with van der Waals surface area (Å²) >= 11 is 0. The average Bonchev–Trinajstić information content (AvgIpc) is 3.35. The average molecular weight is 785 g/mol. The number of benzene rings is 11. The lowest BCUT2D eigenvalue weighted by atomic mass is 9.85. The van der Waals surface area contributed by atoms with Crippen molar-refractivity contribution in [2.24, 2.45) is 0 Å². The maximum absolute atomic E-state index is 5.33. The summed E-state index contributed by atoms with van der Waals surface area (Å²) in [6.45, 7) is 0. The van der Waals surface area contributed by atoms with Gasteiger partial charge in [0.2, 0.25) is 0 Å². The molecule has 0 saturated carbocycles. The quantitative estimate of drug-likeness (QED) is 0.162. The van der Waals surface area contributed by atoms with E-state index in [1.807, 2.05) is 18.3 Å². The van der Waals surface area contributed by atoms with E-state index >= 15 is 0 Å². The van der Waals surface area contributed by atoms with Crippen molar-refractivity contribution >= 4 is 75.4 Å². The van der Waals surface area contributed by atoms with Crippen LogP contribution in [0.4, 0.5) is 0 Å². The van der Waals surface area contributed by atoms with Crippen molar-refractivity contribution in [2.75, 3.05) is 0 Å². The molecular formula is C60H36N2. The Morgan fingerprint density at radius 1 is 0.258 bits per heavy atom. The normalized spacial score (nSPS) is 11.9. The highest BCUT2D eigenvalue weighted by Crippen LogP contribution is 2.46. The minimum atomic E-state index is 0.850. The van der Waals surface area contributed by atoms with Crippen LogP contribution < -0.4 is 0 Å². The van der Waals surface area contributed by atoms with E-state index in [9.17, 15) is 0 Å². The third kappa shape index (κ3) is 5.23. The van der Waals surface area contributed by atoms with E-state index in [0.717, 1.165) is 39.2 Å². The van der Waals surface area contributed by atoms with Gasteiger partial charge in [0, 0.05) is 16.7 Å². The van der Waals surface area contributed by atoms with Crippen molar-refractivity contribution in [1.29, 1.82) is 0 Å². The molecule has 13 aromatic rings. The topological polar surface area (TPSA) is 25.8 Å². The van der Waals surface area contributed by atoms with E-state index < -0.39 is 0 Å². The summed E-state index contributed by atoms with van der Waals surface area (Å²) in [5.41, 5.74) is 10.5. The summed E-state index contributed by atoms with van der Waals surface area (Å²) in [6, 6.07) is 77.3. The summed E-state index contributed by atoms with van der Waals surface area (Å²) in [6.07, 6.45) is 1.93. The number of hydrogen-bond acceptors (Lipinski definition) is 2. The van der Waals surface area contributed by atoms with Gasteiger partial charge in [-0.1, -0.05) is 206 Å². The van der Waals surface area contributed by atoms with E-state index in [1.54, 1.807) is 0 Å². The van der Waals surface area contributed by atoms with Gasteiger partial charge in [0.15, 0.2) is 0 Å². The highest BCUT2D eigenvalue weighted by molar-refractivity contribution is 6.38. The van der Waals surface area contributed by atoms with Crippen LogP contribution in [0.3, 0.4) is 0 Å². The standard InChI is InChI=1S/C60H36N2/c1-3-13-41(14-4-1)59-60(42-15-5-2-6-16-42)62-54(36-61-59)47-34-33-44(45-20-7-8-21-46(45)47)37-27-29-38(30-28-37)53-35-43-19-11-24-49-48-22-9-17-39-31-32-40-18-10-23-50(56(40)55(39)48)51-25-12-26-52(53)58(51)57(43)49/h1-36H. The Balaban J connectivity index is 0.967. The van der Waals surface area contributed by atoms with E-state index in [4.69, 9.17) is 9.97 Å². The van der Waals surface area contributed by atoms with Crippen LogP contribution in [0.5, 0.6) is 0 Å². The molecule has 0 bridgehead atoms. The summed E-state index contributed by atoms with van der Waals surface area (Å²) in [5.74, 6) is 0. The zero-order valence-electron chi connectivity index (χ0n) is 33.7. The number of hydrogen-bond donors (Lipinski definition) is 0. The largest absolute Gasteiger partial charge is 0.252 e. The highest BCUT2D eigenvalue weighted by atomic mass is 14.8. The van der Waals surface area contributed by atoms with Crippen molar-refractivity contribution in [2.45, 2.75) is 0 Å². The molecule has 0 saturated heterocycles. The summed E-state index contributed by atoms with van der Waals surface area (Å²) in [5, 5.41) is 17.9. The van der Waals surface area contributed by atoms with Crippen molar-refractivity contribution in [3.05, 3.63) is 219 Å². The summed E-state index contributed by atoms with van der Waals surface area (Å²) in [4.78, 5) is 10.4. The Bertz CT molecular complexity index is 3890. The fraction of sp³-hybridized carbons (Fsp3) is 0. The molecule has 1 aromatic heterocycles. The number of fused-ring (bicyclic) bond motifs is 3. The van der Waals surface area contributed by atoms with Gasteiger partial charge in [-0.2, -0.15) is 0 Å². The molecule has 0 N–H and O–H groups in total. The van der Waals surface area contributed by atoms with Gasteiger partial charge >= 0.3 is 0 Å². The predicted octanol–water partition coefficient (Wildman–Crippen LogP) is 16.3. The molecule has 286 valence electrons. The fourth-order valence-electron chi connectivity index (χ4n) is 10.3. The molecular weight excluding hydrogens is 749 g/mol. The molecule has 0 atom stereocenters. The Kier molecular flexibility index (Phi) is 7.64. The van der Waals surface area contributed by atoms with E-state index in [2.05, 4.69) is 200 Å². The second-order valence-corrected chi connectivity index (χ2v) is 16.4. The van der Waals surface area contributed by atoms with Crippen LogP contribution in [0, 0.1) is 0 Å². The first-order valence-corrected chi connectivity index (χ1v) is 21.3. The van der Waals surface area contributed by atoms with E-state index in [0.29, 0.717) is 0 Å². The van der Waals surface area contributed by atoms with Gasteiger partial charge in [-0.15, -0.1) is 0 Å². The molecule has 0 aliphatic heterocycles. The Hall–Kier alpha value is -8.20. The van der Waals surface area contributed by atoms with E-state index in [1.165, 1.54) is 92.3 Å². The monoisotopic (exact) mass is 784 g/mol. The molecule has 2 nitrogen and oxygen atoms in total. The van der Waals surface area contributed by atoms with Crippen molar-refractivity contribution < 1.29 is 0 Å². The molecule has 0 fully saturated rings. The number of nitrogens with zero attached hydrogens (tertiary/aromatic N) is 2. The van der Waals surface area contributed by atoms with Gasteiger partial charge in [0.25, 0.3) is 0 Å². The third-order valence-electron chi connectivity index (χ3n) is 13.0. The number of rotatable bonds is 5. The molecule has 0 spiro atoms. The zero-order chi connectivity index (χ0) is 40.7. The maximum atomic E-state index is 5.33. The van der Waals surface area contributed by atoms with Crippen LogP contribution >= 0.6 is 0 Å². The Labute approximate surface area is 358 Å². The van der Waals surface area contributed by atoms with Crippen molar-refractivity contribution in [3.63, 3.8) is 0 Å². The third-order valence-corrected chi connectivity index (χ3v) is 13.0. The van der Waals surface area contributed by atoms with Gasteiger partial charge in [0.05, 0.1) is 23.3 Å². The molecule has 0 unspecified atom stereocenters. The molecule has 1 heterocycles. The second kappa shape index (κ2) is 13.7. The van der Waals surface area contributed by atoms with E-state index in [-0.39, 0.29) is 0 Å². The highest BCUT2D eigenvalue weighted by Gasteiger charge is 2.19. The SMILES string of the molecule is c1ccc(-c2ncc(-c3ccc(-c4ccc(-c5cc6cccc7c8cccc9ccc%10cccc(c%11cccc5c%11c67)c%10c98)cc4)c4ccccc34)nc2-c2ccccc2)cc1. The lowest BCUT2D eigenvalue weighted by molar-refractivity contribution is 1.21.